The molecule has 142 valence electrons. The fourth-order valence-electron chi connectivity index (χ4n) is 2.55. The minimum absolute atomic E-state index is 0.502. The number of nitrogens with zero attached hydrogens (tertiary/aromatic N) is 2. The van der Waals surface area contributed by atoms with Crippen molar-refractivity contribution < 1.29 is 9.15 Å². The van der Waals surface area contributed by atoms with Crippen molar-refractivity contribution in [1.82, 2.24) is 20.6 Å². The molecule has 7 heteroatoms. The summed E-state index contributed by atoms with van der Waals surface area (Å²) in [6.07, 6.45) is 4.37. The van der Waals surface area contributed by atoms with Crippen molar-refractivity contribution in [1.29, 1.82) is 0 Å². The zero-order valence-electron chi connectivity index (χ0n) is 15.4. The Morgan fingerprint density at radius 2 is 2.07 bits per heavy atom. The van der Waals surface area contributed by atoms with E-state index >= 15 is 0 Å². The Morgan fingerprint density at radius 1 is 1.19 bits per heavy atom. The molecule has 0 amide bonds. The molecule has 0 spiro atoms. The van der Waals surface area contributed by atoms with Crippen LogP contribution in [0.25, 0.3) is 11.3 Å². The standard InChI is InChI=1S/C20H25N5O2/c1-21-20(22-10-6-11-26-15-17-9-5-12-27-17)24-14-19-23-13-18(25-19)16-7-3-2-4-8-16/h2-5,7-9,12-13H,6,10-11,14-15H2,1H3,(H,23,25)(H2,21,22,24). The second-order valence-electron chi connectivity index (χ2n) is 5.95. The Morgan fingerprint density at radius 3 is 2.85 bits per heavy atom. The van der Waals surface area contributed by atoms with Gasteiger partial charge < -0.3 is 24.8 Å². The van der Waals surface area contributed by atoms with Crippen LogP contribution in [0.15, 0.2) is 64.3 Å². The van der Waals surface area contributed by atoms with E-state index in [1.165, 1.54) is 0 Å². The molecule has 0 saturated heterocycles. The van der Waals surface area contributed by atoms with Crippen molar-refractivity contribution in [3.63, 3.8) is 0 Å². The van der Waals surface area contributed by atoms with Crippen molar-refractivity contribution in [3.05, 3.63) is 66.5 Å². The van der Waals surface area contributed by atoms with E-state index in [0.717, 1.165) is 41.8 Å². The lowest BCUT2D eigenvalue weighted by molar-refractivity contribution is 0.105. The molecule has 0 aliphatic carbocycles. The van der Waals surface area contributed by atoms with Gasteiger partial charge in [0.25, 0.3) is 0 Å². The highest BCUT2D eigenvalue weighted by Gasteiger charge is 2.04. The summed E-state index contributed by atoms with van der Waals surface area (Å²) in [7, 11) is 1.75. The summed E-state index contributed by atoms with van der Waals surface area (Å²) in [6.45, 7) is 2.50. The van der Waals surface area contributed by atoms with E-state index in [2.05, 4.69) is 37.7 Å². The van der Waals surface area contributed by atoms with Crippen LogP contribution in [0.2, 0.25) is 0 Å². The molecule has 0 aliphatic heterocycles. The summed E-state index contributed by atoms with van der Waals surface area (Å²) in [4.78, 5) is 12.0. The maximum atomic E-state index is 5.56. The first kappa shape index (κ1) is 18.7. The van der Waals surface area contributed by atoms with Crippen LogP contribution in [-0.2, 0) is 17.9 Å². The average molecular weight is 367 g/mol. The third kappa shape index (κ3) is 6.00. The van der Waals surface area contributed by atoms with E-state index in [0.29, 0.717) is 19.8 Å². The molecular weight excluding hydrogens is 342 g/mol. The van der Waals surface area contributed by atoms with Crippen molar-refractivity contribution >= 4 is 5.96 Å². The first-order valence-electron chi connectivity index (χ1n) is 8.99. The largest absolute Gasteiger partial charge is 0.467 e. The van der Waals surface area contributed by atoms with Gasteiger partial charge in [-0.3, -0.25) is 4.99 Å². The Balaban J connectivity index is 1.34. The molecule has 0 atom stereocenters. The summed E-state index contributed by atoms with van der Waals surface area (Å²) >= 11 is 0. The normalized spacial score (nSPS) is 11.5. The minimum atomic E-state index is 0.502. The zero-order valence-corrected chi connectivity index (χ0v) is 15.4. The fraction of sp³-hybridized carbons (Fsp3) is 0.300. The molecule has 3 N–H and O–H groups in total. The predicted molar refractivity (Wildman–Crippen MR) is 105 cm³/mol. The van der Waals surface area contributed by atoms with Crippen LogP contribution in [0.4, 0.5) is 0 Å². The number of aromatic amines is 1. The van der Waals surface area contributed by atoms with Crippen LogP contribution in [0.3, 0.4) is 0 Å². The third-order valence-corrected chi connectivity index (χ3v) is 3.94. The summed E-state index contributed by atoms with van der Waals surface area (Å²) < 4.78 is 10.8. The third-order valence-electron chi connectivity index (χ3n) is 3.94. The number of aromatic nitrogens is 2. The second kappa shape index (κ2) is 10.2. The molecule has 0 aliphatic rings. The van der Waals surface area contributed by atoms with Gasteiger partial charge in [0.05, 0.1) is 24.7 Å². The number of benzene rings is 1. The van der Waals surface area contributed by atoms with E-state index in [4.69, 9.17) is 9.15 Å². The lowest BCUT2D eigenvalue weighted by Crippen LogP contribution is -2.37. The van der Waals surface area contributed by atoms with Crippen LogP contribution in [-0.4, -0.2) is 36.1 Å². The first-order chi connectivity index (χ1) is 13.3. The van der Waals surface area contributed by atoms with Gasteiger partial charge in [-0.1, -0.05) is 30.3 Å². The van der Waals surface area contributed by atoms with E-state index in [9.17, 15) is 0 Å². The van der Waals surface area contributed by atoms with Crippen LogP contribution in [0, 0.1) is 0 Å². The summed E-state index contributed by atoms with van der Waals surface area (Å²) in [5.41, 5.74) is 2.12. The maximum absolute atomic E-state index is 5.56. The summed E-state index contributed by atoms with van der Waals surface area (Å²) in [5.74, 6) is 2.44. The summed E-state index contributed by atoms with van der Waals surface area (Å²) in [6, 6.07) is 13.9. The molecule has 7 nitrogen and oxygen atoms in total. The molecule has 0 unspecified atom stereocenters. The fourth-order valence-corrected chi connectivity index (χ4v) is 2.55. The number of furan rings is 1. The number of hydrogen-bond donors (Lipinski definition) is 3. The van der Waals surface area contributed by atoms with E-state index in [1.807, 2.05) is 36.5 Å². The maximum Gasteiger partial charge on any atom is 0.191 e. The number of ether oxygens (including phenoxy) is 1. The van der Waals surface area contributed by atoms with E-state index in [-0.39, 0.29) is 0 Å². The molecule has 0 fully saturated rings. The Bertz CT molecular complexity index is 812. The van der Waals surface area contributed by atoms with E-state index < -0.39 is 0 Å². The van der Waals surface area contributed by atoms with Crippen molar-refractivity contribution in [2.45, 2.75) is 19.6 Å². The zero-order chi connectivity index (χ0) is 18.7. The van der Waals surface area contributed by atoms with Gasteiger partial charge >= 0.3 is 0 Å². The first-order valence-corrected chi connectivity index (χ1v) is 8.99. The highest BCUT2D eigenvalue weighted by atomic mass is 16.5. The van der Waals surface area contributed by atoms with Gasteiger partial charge in [0.1, 0.15) is 18.2 Å². The van der Waals surface area contributed by atoms with Crippen molar-refractivity contribution in [2.75, 3.05) is 20.2 Å². The number of nitrogens with one attached hydrogen (secondary N) is 3. The highest BCUT2D eigenvalue weighted by Crippen LogP contribution is 2.15. The smallest absolute Gasteiger partial charge is 0.191 e. The molecule has 0 saturated carbocycles. The quantitative estimate of drug-likeness (QED) is 0.307. The van der Waals surface area contributed by atoms with Gasteiger partial charge in [-0.15, -0.1) is 0 Å². The van der Waals surface area contributed by atoms with Gasteiger partial charge in [0.15, 0.2) is 5.96 Å². The number of H-pyrrole nitrogens is 1. The van der Waals surface area contributed by atoms with Crippen molar-refractivity contribution in [2.24, 2.45) is 4.99 Å². The topological polar surface area (TPSA) is 87.5 Å². The molecule has 3 rings (SSSR count). The Hall–Kier alpha value is -3.06. The van der Waals surface area contributed by atoms with Crippen LogP contribution in [0.5, 0.6) is 0 Å². The van der Waals surface area contributed by atoms with Crippen LogP contribution >= 0.6 is 0 Å². The lowest BCUT2D eigenvalue weighted by atomic mass is 10.2. The van der Waals surface area contributed by atoms with Crippen LogP contribution < -0.4 is 10.6 Å². The summed E-state index contributed by atoms with van der Waals surface area (Å²) in [5, 5.41) is 6.52. The van der Waals surface area contributed by atoms with Gasteiger partial charge in [0.2, 0.25) is 0 Å². The van der Waals surface area contributed by atoms with Gasteiger partial charge in [-0.05, 0) is 24.1 Å². The highest BCUT2D eigenvalue weighted by molar-refractivity contribution is 5.79. The monoisotopic (exact) mass is 367 g/mol. The van der Waals surface area contributed by atoms with E-state index in [1.54, 1.807) is 13.3 Å². The molecule has 0 bridgehead atoms. The molecule has 27 heavy (non-hydrogen) atoms. The minimum Gasteiger partial charge on any atom is -0.467 e. The molecule has 2 aromatic heterocycles. The Kier molecular flexibility index (Phi) is 7.06. The average Bonchev–Trinajstić information content (AvgIpc) is 3.39. The molecule has 0 radical (unpaired) electrons. The Labute approximate surface area is 158 Å². The van der Waals surface area contributed by atoms with Crippen molar-refractivity contribution in [3.8, 4) is 11.3 Å². The predicted octanol–water partition coefficient (Wildman–Crippen LogP) is 2.94. The number of rotatable bonds is 9. The van der Waals surface area contributed by atoms with Gasteiger partial charge in [0, 0.05) is 20.2 Å². The molecule has 2 heterocycles. The lowest BCUT2D eigenvalue weighted by Gasteiger charge is -2.11. The number of guanidine groups is 1. The van der Waals surface area contributed by atoms with Gasteiger partial charge in [-0.25, -0.2) is 4.98 Å². The number of hydrogen-bond acceptors (Lipinski definition) is 4. The molecule has 1 aromatic carbocycles. The van der Waals surface area contributed by atoms with Gasteiger partial charge in [-0.2, -0.15) is 0 Å². The SMILES string of the molecule is CN=C(NCCCOCc1ccco1)NCc1ncc(-c2ccccc2)[nH]1. The molecular formula is C20H25N5O2. The van der Waals surface area contributed by atoms with Crippen LogP contribution in [0.1, 0.15) is 18.0 Å². The second-order valence-corrected chi connectivity index (χ2v) is 5.95. The number of aliphatic imine (C=N–C) groups is 1. The molecule has 3 aromatic rings. The number of imidazole rings is 1.